The van der Waals surface area contributed by atoms with Crippen LogP contribution in [0.15, 0.2) is 54.6 Å². The molecular formula is C21H22N2O. The Labute approximate surface area is 142 Å². The molecule has 24 heavy (non-hydrogen) atoms. The summed E-state index contributed by atoms with van der Waals surface area (Å²) in [6.45, 7) is 3.00. The Hall–Kier alpha value is -2.55. The van der Waals surface area contributed by atoms with E-state index >= 15 is 0 Å². The third kappa shape index (κ3) is 2.71. The quantitative estimate of drug-likeness (QED) is 0.740. The van der Waals surface area contributed by atoms with Crippen LogP contribution in [0.2, 0.25) is 0 Å². The zero-order valence-electron chi connectivity index (χ0n) is 14.2. The predicted molar refractivity (Wildman–Crippen MR) is 98.9 cm³/mol. The molecule has 1 heterocycles. The molecule has 1 saturated carbocycles. The van der Waals surface area contributed by atoms with Crippen LogP contribution >= 0.6 is 0 Å². The molecule has 1 aliphatic rings. The monoisotopic (exact) mass is 318 g/mol. The van der Waals surface area contributed by atoms with Gasteiger partial charge in [0.2, 0.25) is 0 Å². The highest BCUT2D eigenvalue weighted by Crippen LogP contribution is 2.48. The Morgan fingerprint density at radius 2 is 1.88 bits per heavy atom. The number of fused-ring (bicyclic) bond motifs is 1. The summed E-state index contributed by atoms with van der Waals surface area (Å²) in [4.78, 5) is 4.64. The largest absolute Gasteiger partial charge is 0.497 e. The van der Waals surface area contributed by atoms with E-state index in [-0.39, 0.29) is 5.41 Å². The van der Waals surface area contributed by atoms with Crippen molar-refractivity contribution in [1.29, 1.82) is 0 Å². The van der Waals surface area contributed by atoms with Gasteiger partial charge in [0.05, 0.1) is 12.6 Å². The fourth-order valence-electron chi connectivity index (χ4n) is 3.39. The lowest BCUT2D eigenvalue weighted by Crippen LogP contribution is -2.19. The van der Waals surface area contributed by atoms with Gasteiger partial charge in [-0.15, -0.1) is 0 Å². The lowest BCUT2D eigenvalue weighted by molar-refractivity contribution is 0.415. The molecule has 3 heteroatoms. The van der Waals surface area contributed by atoms with Gasteiger partial charge in [-0.3, -0.25) is 4.98 Å². The first-order valence-electron chi connectivity index (χ1n) is 8.45. The van der Waals surface area contributed by atoms with E-state index in [2.05, 4.69) is 52.8 Å². The van der Waals surface area contributed by atoms with Gasteiger partial charge in [-0.25, -0.2) is 0 Å². The number of pyridine rings is 1. The van der Waals surface area contributed by atoms with E-state index < -0.39 is 0 Å². The van der Waals surface area contributed by atoms with Crippen LogP contribution in [0, 0.1) is 6.92 Å². The highest BCUT2D eigenvalue weighted by Gasteiger charge is 2.43. The minimum absolute atomic E-state index is 0.289. The van der Waals surface area contributed by atoms with Crippen molar-refractivity contribution in [2.75, 3.05) is 19.0 Å². The number of nitrogens with one attached hydrogen (secondary N) is 1. The predicted octanol–water partition coefficient (Wildman–Crippen LogP) is 4.70. The van der Waals surface area contributed by atoms with Gasteiger partial charge in [-0.2, -0.15) is 0 Å². The molecule has 0 amide bonds. The normalized spacial score (nSPS) is 15.2. The molecule has 0 unspecified atom stereocenters. The molecule has 0 aliphatic heterocycles. The maximum atomic E-state index is 5.32. The van der Waals surface area contributed by atoms with Crippen molar-refractivity contribution < 1.29 is 4.74 Å². The number of benzene rings is 2. The number of aryl methyl sites for hydroxylation is 1. The van der Waals surface area contributed by atoms with Crippen LogP contribution in [0.1, 0.15) is 24.1 Å². The fourth-order valence-corrected chi connectivity index (χ4v) is 3.39. The number of rotatable bonds is 5. The molecule has 0 radical (unpaired) electrons. The van der Waals surface area contributed by atoms with E-state index in [1.165, 1.54) is 18.4 Å². The van der Waals surface area contributed by atoms with Crippen molar-refractivity contribution in [3.05, 3.63) is 65.9 Å². The summed E-state index contributed by atoms with van der Waals surface area (Å²) >= 11 is 0. The minimum atomic E-state index is 0.289. The molecule has 0 atom stereocenters. The van der Waals surface area contributed by atoms with Crippen LogP contribution in [-0.4, -0.2) is 18.6 Å². The average Bonchev–Trinajstić information content (AvgIpc) is 3.41. The summed E-state index contributed by atoms with van der Waals surface area (Å²) in [7, 11) is 1.69. The molecule has 0 bridgehead atoms. The van der Waals surface area contributed by atoms with Crippen molar-refractivity contribution >= 4 is 16.6 Å². The van der Waals surface area contributed by atoms with Crippen LogP contribution in [0.25, 0.3) is 10.9 Å². The molecule has 1 N–H and O–H groups in total. The second-order valence-corrected chi connectivity index (χ2v) is 6.69. The molecule has 0 spiro atoms. The van der Waals surface area contributed by atoms with E-state index in [1.807, 2.05) is 19.1 Å². The molecule has 0 saturated heterocycles. The highest BCUT2D eigenvalue weighted by atomic mass is 16.5. The number of hydrogen-bond donors (Lipinski definition) is 1. The van der Waals surface area contributed by atoms with Crippen molar-refractivity contribution in [1.82, 2.24) is 4.98 Å². The molecule has 1 aromatic heterocycles. The number of aromatic nitrogens is 1. The average molecular weight is 318 g/mol. The molecular weight excluding hydrogens is 296 g/mol. The number of hydrogen-bond acceptors (Lipinski definition) is 3. The van der Waals surface area contributed by atoms with Crippen LogP contribution < -0.4 is 10.1 Å². The van der Waals surface area contributed by atoms with Crippen LogP contribution in [0.3, 0.4) is 0 Å². The van der Waals surface area contributed by atoms with Gasteiger partial charge < -0.3 is 10.1 Å². The Bertz CT molecular complexity index is 870. The molecule has 1 fully saturated rings. The number of anilines is 1. The molecule has 122 valence electrons. The standard InChI is InChI=1S/C21H22N2O/c1-15-12-19(18-9-8-17(24-2)13-20(18)23-15)22-14-21(10-11-21)16-6-4-3-5-7-16/h3-9,12-13H,10-11,14H2,1-2H3,(H,22,23). The lowest BCUT2D eigenvalue weighted by atomic mass is 9.96. The Kier molecular flexibility index (Phi) is 3.64. The summed E-state index contributed by atoms with van der Waals surface area (Å²) in [5, 5.41) is 4.83. The third-order valence-corrected chi connectivity index (χ3v) is 5.00. The van der Waals surface area contributed by atoms with E-state index in [0.717, 1.165) is 34.6 Å². The highest BCUT2D eigenvalue weighted by molar-refractivity contribution is 5.92. The van der Waals surface area contributed by atoms with Gasteiger partial charge in [-0.1, -0.05) is 30.3 Å². The summed E-state index contributed by atoms with van der Waals surface area (Å²) in [6.07, 6.45) is 2.50. The fraction of sp³-hybridized carbons (Fsp3) is 0.286. The summed E-state index contributed by atoms with van der Waals surface area (Å²) in [5.74, 6) is 0.842. The summed E-state index contributed by atoms with van der Waals surface area (Å²) in [6, 6.07) is 19.1. The van der Waals surface area contributed by atoms with E-state index in [4.69, 9.17) is 4.74 Å². The van der Waals surface area contributed by atoms with Crippen LogP contribution in [0.4, 0.5) is 5.69 Å². The third-order valence-electron chi connectivity index (χ3n) is 5.00. The second kappa shape index (κ2) is 5.82. The smallest absolute Gasteiger partial charge is 0.121 e. The van der Waals surface area contributed by atoms with E-state index in [9.17, 15) is 0 Å². The lowest BCUT2D eigenvalue weighted by Gasteiger charge is -2.19. The van der Waals surface area contributed by atoms with Crippen molar-refractivity contribution in [2.24, 2.45) is 0 Å². The van der Waals surface area contributed by atoms with Crippen molar-refractivity contribution in [3.8, 4) is 5.75 Å². The van der Waals surface area contributed by atoms with E-state index in [1.54, 1.807) is 7.11 Å². The van der Waals surface area contributed by atoms with Crippen LogP contribution in [0.5, 0.6) is 5.75 Å². The zero-order chi connectivity index (χ0) is 16.6. The summed E-state index contributed by atoms with van der Waals surface area (Å²) < 4.78 is 5.32. The molecule has 3 nitrogen and oxygen atoms in total. The second-order valence-electron chi connectivity index (χ2n) is 6.69. The Morgan fingerprint density at radius 3 is 2.58 bits per heavy atom. The first-order valence-corrected chi connectivity index (χ1v) is 8.45. The van der Waals surface area contributed by atoms with Crippen molar-refractivity contribution in [2.45, 2.75) is 25.2 Å². The van der Waals surface area contributed by atoms with Crippen LogP contribution in [-0.2, 0) is 5.41 Å². The summed E-state index contributed by atoms with van der Waals surface area (Å²) in [5.41, 5.74) is 4.87. The topological polar surface area (TPSA) is 34.1 Å². The Balaban J connectivity index is 1.63. The zero-order valence-corrected chi connectivity index (χ0v) is 14.2. The first kappa shape index (κ1) is 15.0. The van der Waals surface area contributed by atoms with E-state index in [0.29, 0.717) is 0 Å². The van der Waals surface area contributed by atoms with Gasteiger partial charge in [0.25, 0.3) is 0 Å². The Morgan fingerprint density at radius 1 is 1.08 bits per heavy atom. The minimum Gasteiger partial charge on any atom is -0.497 e. The molecule has 3 aromatic rings. The number of ether oxygens (including phenoxy) is 1. The maximum absolute atomic E-state index is 5.32. The van der Waals surface area contributed by atoms with Gasteiger partial charge >= 0.3 is 0 Å². The van der Waals surface area contributed by atoms with Gasteiger partial charge in [0.1, 0.15) is 5.75 Å². The number of methoxy groups -OCH3 is 1. The van der Waals surface area contributed by atoms with Gasteiger partial charge in [-0.05, 0) is 43.5 Å². The van der Waals surface area contributed by atoms with Gasteiger partial charge in [0, 0.05) is 34.8 Å². The first-order chi connectivity index (χ1) is 11.7. The molecule has 2 aromatic carbocycles. The SMILES string of the molecule is COc1ccc2c(NCC3(c4ccccc4)CC3)cc(C)nc2c1. The maximum Gasteiger partial charge on any atom is 0.121 e. The van der Waals surface area contributed by atoms with Crippen molar-refractivity contribution in [3.63, 3.8) is 0 Å². The molecule has 4 rings (SSSR count). The van der Waals surface area contributed by atoms with Gasteiger partial charge in [0.15, 0.2) is 0 Å². The molecule has 1 aliphatic carbocycles. The number of nitrogens with zero attached hydrogens (tertiary/aromatic N) is 1.